The number of nitrogens with one attached hydrogen (secondary N) is 2. The van der Waals surface area contributed by atoms with Crippen LogP contribution in [-0.4, -0.2) is 19.1 Å². The van der Waals surface area contributed by atoms with E-state index in [-0.39, 0.29) is 0 Å². The predicted molar refractivity (Wildman–Crippen MR) is 52.3 cm³/mol. The van der Waals surface area contributed by atoms with Crippen molar-refractivity contribution in [2.75, 3.05) is 7.05 Å². The largest absolute Gasteiger partial charge is 0.315 e. The maximum atomic E-state index is 3.34. The van der Waals surface area contributed by atoms with E-state index in [2.05, 4.69) is 38.8 Å². The molecule has 2 nitrogen and oxygen atoms in total. The summed E-state index contributed by atoms with van der Waals surface area (Å²) in [5, 5.41) is 3.34. The van der Waals surface area contributed by atoms with E-state index in [4.69, 9.17) is 0 Å². The monoisotopic (exact) mass is 254 g/mol. The average Bonchev–Trinajstić information content (AvgIpc) is 2.04. The van der Waals surface area contributed by atoms with Crippen LogP contribution in [0.2, 0.25) is 0 Å². The first-order chi connectivity index (χ1) is 4.88. The third-order valence-corrected chi connectivity index (χ3v) is 3.08. The van der Waals surface area contributed by atoms with Crippen LogP contribution in [0.5, 0.6) is 0 Å². The van der Waals surface area contributed by atoms with Gasteiger partial charge >= 0.3 is 0 Å². The molecule has 3 heteroatoms. The van der Waals surface area contributed by atoms with Gasteiger partial charge in [0.1, 0.15) is 0 Å². The predicted octanol–water partition coefficient (Wildman–Crippen LogP) is 1.46. The molecule has 10 heavy (non-hydrogen) atoms. The van der Waals surface area contributed by atoms with Gasteiger partial charge in [-0.1, -0.05) is 12.8 Å². The summed E-state index contributed by atoms with van der Waals surface area (Å²) in [6.45, 7) is 0. The number of rotatable bonds is 2. The van der Waals surface area contributed by atoms with Crippen molar-refractivity contribution in [3.05, 3.63) is 0 Å². The second-order valence-corrected chi connectivity index (χ2v) is 3.52. The van der Waals surface area contributed by atoms with Gasteiger partial charge in [0.25, 0.3) is 0 Å². The third-order valence-electron chi connectivity index (χ3n) is 2.28. The van der Waals surface area contributed by atoms with Gasteiger partial charge in [0, 0.05) is 34.9 Å². The van der Waals surface area contributed by atoms with E-state index < -0.39 is 0 Å². The summed E-state index contributed by atoms with van der Waals surface area (Å²) in [6, 6.07) is 1.39. The molecule has 0 radical (unpaired) electrons. The highest BCUT2D eigenvalue weighted by molar-refractivity contribution is 14.1. The van der Waals surface area contributed by atoms with Crippen LogP contribution in [0.15, 0.2) is 0 Å². The molecule has 2 N–H and O–H groups in total. The lowest BCUT2D eigenvalue weighted by molar-refractivity contribution is 0.335. The summed E-state index contributed by atoms with van der Waals surface area (Å²) >= 11 is 2.26. The smallest absolute Gasteiger partial charge is 0.0316 e. The fourth-order valence-corrected chi connectivity index (χ4v) is 2.35. The maximum Gasteiger partial charge on any atom is 0.0316 e. The van der Waals surface area contributed by atoms with Crippen molar-refractivity contribution in [1.82, 2.24) is 8.85 Å². The fraction of sp³-hybridized carbons (Fsp3) is 1.00. The van der Waals surface area contributed by atoms with Crippen molar-refractivity contribution in [2.24, 2.45) is 0 Å². The number of hydrogen-bond donors (Lipinski definition) is 2. The molecule has 0 aliphatic heterocycles. The van der Waals surface area contributed by atoms with Gasteiger partial charge < -0.3 is 5.32 Å². The zero-order chi connectivity index (χ0) is 7.40. The van der Waals surface area contributed by atoms with E-state index in [0.717, 1.165) is 0 Å². The Balaban J connectivity index is 2.34. The third kappa shape index (κ3) is 2.07. The number of hydrogen-bond acceptors (Lipinski definition) is 2. The van der Waals surface area contributed by atoms with Crippen molar-refractivity contribution >= 4 is 22.9 Å². The van der Waals surface area contributed by atoms with Gasteiger partial charge in [-0.25, -0.2) is 0 Å². The Morgan fingerprint density at radius 1 is 1.20 bits per heavy atom. The van der Waals surface area contributed by atoms with Crippen molar-refractivity contribution in [1.29, 1.82) is 0 Å². The van der Waals surface area contributed by atoms with Crippen molar-refractivity contribution in [3.8, 4) is 0 Å². The molecule has 2 unspecified atom stereocenters. The van der Waals surface area contributed by atoms with Gasteiger partial charge in [0.2, 0.25) is 0 Å². The Labute approximate surface area is 76.6 Å². The summed E-state index contributed by atoms with van der Waals surface area (Å²) in [5.74, 6) is 0. The summed E-state index contributed by atoms with van der Waals surface area (Å²) in [4.78, 5) is 0. The van der Waals surface area contributed by atoms with Crippen LogP contribution in [0.1, 0.15) is 25.7 Å². The molecule has 1 saturated carbocycles. The van der Waals surface area contributed by atoms with Crippen molar-refractivity contribution in [2.45, 2.75) is 37.8 Å². The fourth-order valence-electron chi connectivity index (χ4n) is 1.61. The Kier molecular flexibility index (Phi) is 3.95. The van der Waals surface area contributed by atoms with E-state index in [1.165, 1.54) is 25.7 Å². The lowest BCUT2D eigenvalue weighted by atomic mass is 9.91. The molecule has 0 saturated heterocycles. The van der Waals surface area contributed by atoms with Gasteiger partial charge in [-0.15, -0.1) is 0 Å². The quantitative estimate of drug-likeness (QED) is 0.575. The molecule has 0 amide bonds. The summed E-state index contributed by atoms with van der Waals surface area (Å²) < 4.78 is 3.31. The first-order valence-electron chi connectivity index (χ1n) is 3.92. The molecule has 0 spiro atoms. The Bertz CT molecular complexity index is 85.6. The van der Waals surface area contributed by atoms with E-state index in [0.29, 0.717) is 12.1 Å². The minimum absolute atomic E-state index is 0.694. The SMILES string of the molecule is CNC1CCCCC1NI. The summed E-state index contributed by atoms with van der Waals surface area (Å²) in [7, 11) is 2.05. The molecule has 0 aromatic carbocycles. The van der Waals surface area contributed by atoms with Gasteiger partial charge in [-0.3, -0.25) is 3.53 Å². The maximum absolute atomic E-state index is 3.34. The van der Waals surface area contributed by atoms with Gasteiger partial charge in [0.15, 0.2) is 0 Å². The van der Waals surface area contributed by atoms with E-state index in [1.54, 1.807) is 0 Å². The summed E-state index contributed by atoms with van der Waals surface area (Å²) in [6.07, 6.45) is 5.44. The zero-order valence-corrected chi connectivity index (χ0v) is 8.52. The van der Waals surface area contributed by atoms with E-state index in [9.17, 15) is 0 Å². The van der Waals surface area contributed by atoms with Gasteiger partial charge in [0.05, 0.1) is 0 Å². The van der Waals surface area contributed by atoms with E-state index in [1.807, 2.05) is 0 Å². The first kappa shape index (κ1) is 8.74. The van der Waals surface area contributed by atoms with Crippen LogP contribution in [0, 0.1) is 0 Å². The van der Waals surface area contributed by atoms with Crippen LogP contribution in [0.3, 0.4) is 0 Å². The molecule has 1 aliphatic carbocycles. The van der Waals surface area contributed by atoms with Crippen LogP contribution < -0.4 is 8.85 Å². The van der Waals surface area contributed by atoms with Gasteiger partial charge in [-0.2, -0.15) is 0 Å². The molecule has 2 atom stereocenters. The molecule has 1 fully saturated rings. The minimum Gasteiger partial charge on any atom is -0.315 e. The Hall–Kier alpha value is 0.650. The molecule has 0 aromatic rings. The van der Waals surface area contributed by atoms with Crippen LogP contribution in [0.4, 0.5) is 0 Å². The number of halogens is 1. The molecular formula is C7H15IN2. The first-order valence-corrected chi connectivity index (χ1v) is 4.99. The minimum atomic E-state index is 0.694. The second kappa shape index (κ2) is 4.51. The molecule has 0 bridgehead atoms. The topological polar surface area (TPSA) is 24.1 Å². The lowest BCUT2D eigenvalue weighted by Gasteiger charge is -2.29. The lowest BCUT2D eigenvalue weighted by Crippen LogP contribution is -2.45. The second-order valence-electron chi connectivity index (χ2n) is 2.90. The Morgan fingerprint density at radius 2 is 1.80 bits per heavy atom. The Morgan fingerprint density at radius 3 is 2.20 bits per heavy atom. The van der Waals surface area contributed by atoms with Gasteiger partial charge in [-0.05, 0) is 19.9 Å². The van der Waals surface area contributed by atoms with Crippen molar-refractivity contribution < 1.29 is 0 Å². The zero-order valence-electron chi connectivity index (χ0n) is 6.36. The van der Waals surface area contributed by atoms with Crippen LogP contribution >= 0.6 is 22.9 Å². The van der Waals surface area contributed by atoms with E-state index >= 15 is 0 Å². The normalized spacial score (nSPS) is 34.2. The average molecular weight is 254 g/mol. The molecular weight excluding hydrogens is 239 g/mol. The molecule has 1 aliphatic rings. The molecule has 0 aromatic heterocycles. The summed E-state index contributed by atoms with van der Waals surface area (Å²) in [5.41, 5.74) is 0. The highest BCUT2D eigenvalue weighted by Crippen LogP contribution is 2.18. The molecule has 0 heterocycles. The van der Waals surface area contributed by atoms with Crippen molar-refractivity contribution in [3.63, 3.8) is 0 Å². The standard InChI is InChI=1S/C7H15IN2/c1-9-6-4-2-3-5-7(6)10-8/h6-7,9-10H,2-5H2,1H3. The molecule has 1 rings (SSSR count). The number of likely N-dealkylation sites (N-methyl/N-ethyl adjacent to an activating group) is 1. The van der Waals surface area contributed by atoms with Crippen LogP contribution in [0.25, 0.3) is 0 Å². The van der Waals surface area contributed by atoms with Crippen LogP contribution in [-0.2, 0) is 0 Å². The highest BCUT2D eigenvalue weighted by atomic mass is 127. The molecule has 60 valence electrons. The highest BCUT2D eigenvalue weighted by Gasteiger charge is 2.21.